The van der Waals surface area contributed by atoms with Gasteiger partial charge in [0, 0.05) is 5.69 Å². The molecule has 0 saturated carbocycles. The van der Waals surface area contributed by atoms with E-state index in [0.717, 1.165) is 16.8 Å². The summed E-state index contributed by atoms with van der Waals surface area (Å²) in [6.45, 7) is 1.87. The van der Waals surface area contributed by atoms with Crippen LogP contribution in [0, 0.1) is 6.92 Å². The molecule has 13 heavy (non-hydrogen) atoms. The molecule has 70 valence electrons. The Morgan fingerprint density at radius 1 is 1.62 bits per heavy atom. The average molecular weight is 180 g/mol. The molecule has 1 aromatic carbocycles. The number of hydrogen-bond acceptors (Lipinski definition) is 3. The van der Waals surface area contributed by atoms with Crippen molar-refractivity contribution >= 4 is 11.7 Å². The molecule has 0 aliphatic heterocycles. The van der Waals surface area contributed by atoms with Crippen LogP contribution in [0.15, 0.2) is 18.2 Å². The Morgan fingerprint density at radius 2 is 2.31 bits per heavy atom. The molecule has 1 aromatic rings. The van der Waals surface area contributed by atoms with E-state index in [1.54, 1.807) is 12.1 Å². The van der Waals surface area contributed by atoms with Crippen LogP contribution in [0.25, 0.3) is 0 Å². The molecule has 0 aliphatic rings. The Kier molecular flexibility index (Phi) is 2.87. The lowest BCUT2D eigenvalue weighted by Gasteiger charge is -2.05. The van der Waals surface area contributed by atoms with Crippen molar-refractivity contribution in [2.45, 2.75) is 13.3 Å². The maximum atomic E-state index is 10.5. The van der Waals surface area contributed by atoms with Crippen LogP contribution in [0.4, 0.5) is 5.69 Å². The number of aryl methyl sites for hydroxylation is 1. The largest absolute Gasteiger partial charge is 0.481 e. The molecule has 0 saturated heterocycles. The first-order valence-electron chi connectivity index (χ1n) is 3.91. The highest BCUT2D eigenvalue weighted by atomic mass is 16.4. The van der Waals surface area contributed by atoms with Crippen LogP contribution < -0.4 is 11.3 Å². The van der Waals surface area contributed by atoms with Crippen molar-refractivity contribution in [2.24, 2.45) is 5.84 Å². The first kappa shape index (κ1) is 9.54. The van der Waals surface area contributed by atoms with E-state index >= 15 is 0 Å². The van der Waals surface area contributed by atoms with Gasteiger partial charge in [0.2, 0.25) is 0 Å². The topological polar surface area (TPSA) is 75.3 Å². The molecule has 1 rings (SSSR count). The first-order valence-corrected chi connectivity index (χ1v) is 3.91. The van der Waals surface area contributed by atoms with Gasteiger partial charge in [-0.1, -0.05) is 6.07 Å². The predicted molar refractivity (Wildman–Crippen MR) is 50.3 cm³/mol. The Balaban J connectivity index is 2.96. The fraction of sp³-hybridized carbons (Fsp3) is 0.222. The molecule has 4 nitrogen and oxygen atoms in total. The van der Waals surface area contributed by atoms with Crippen LogP contribution in [-0.4, -0.2) is 11.1 Å². The minimum absolute atomic E-state index is 0.0291. The van der Waals surface area contributed by atoms with Gasteiger partial charge in [-0.25, -0.2) is 0 Å². The lowest BCUT2D eigenvalue weighted by molar-refractivity contribution is -0.136. The number of nitrogen functional groups attached to an aromatic ring is 1. The highest BCUT2D eigenvalue weighted by Gasteiger charge is 2.04. The Bertz CT molecular complexity index is 323. The molecule has 4 N–H and O–H groups in total. The van der Waals surface area contributed by atoms with Gasteiger partial charge < -0.3 is 10.5 Å². The molecular weight excluding hydrogens is 168 g/mol. The monoisotopic (exact) mass is 180 g/mol. The molecule has 0 atom stereocenters. The van der Waals surface area contributed by atoms with E-state index in [9.17, 15) is 4.79 Å². The molecule has 0 fully saturated rings. The normalized spacial score (nSPS) is 9.69. The maximum absolute atomic E-state index is 10.5. The van der Waals surface area contributed by atoms with Crippen molar-refractivity contribution in [3.63, 3.8) is 0 Å². The predicted octanol–water partition coefficient (Wildman–Crippen LogP) is 0.908. The number of anilines is 1. The minimum Gasteiger partial charge on any atom is -0.481 e. The molecule has 0 bridgehead atoms. The van der Waals surface area contributed by atoms with Gasteiger partial charge in [0.15, 0.2) is 0 Å². The van der Waals surface area contributed by atoms with Crippen LogP contribution in [0.2, 0.25) is 0 Å². The molecule has 4 heteroatoms. The summed E-state index contributed by atoms with van der Waals surface area (Å²) < 4.78 is 0. The average Bonchev–Trinajstić information content (AvgIpc) is 2.08. The molecule has 0 unspecified atom stereocenters. The van der Waals surface area contributed by atoms with E-state index in [0.29, 0.717) is 0 Å². The van der Waals surface area contributed by atoms with Gasteiger partial charge in [0.1, 0.15) is 0 Å². The molecule has 0 aromatic heterocycles. The van der Waals surface area contributed by atoms with E-state index in [1.165, 1.54) is 0 Å². The number of hydrogen-bond donors (Lipinski definition) is 3. The quantitative estimate of drug-likeness (QED) is 0.477. The second kappa shape index (κ2) is 3.91. The number of hydrazine groups is 1. The van der Waals surface area contributed by atoms with Crippen LogP contribution in [0.1, 0.15) is 11.1 Å². The highest BCUT2D eigenvalue weighted by molar-refractivity contribution is 5.71. The fourth-order valence-corrected chi connectivity index (χ4v) is 1.11. The van der Waals surface area contributed by atoms with Crippen molar-refractivity contribution < 1.29 is 9.90 Å². The standard InChI is InChI=1S/C9H12N2O2/c1-6-2-3-8(11-10)4-7(6)5-9(12)13/h2-4,11H,5,10H2,1H3,(H,12,13). The summed E-state index contributed by atoms with van der Waals surface area (Å²) >= 11 is 0. The van der Waals surface area contributed by atoms with Crippen molar-refractivity contribution in [3.05, 3.63) is 29.3 Å². The van der Waals surface area contributed by atoms with Crippen molar-refractivity contribution in [2.75, 3.05) is 5.43 Å². The van der Waals surface area contributed by atoms with Crippen molar-refractivity contribution in [1.82, 2.24) is 0 Å². The van der Waals surface area contributed by atoms with Gasteiger partial charge in [-0.2, -0.15) is 0 Å². The summed E-state index contributed by atoms with van der Waals surface area (Å²) in [6, 6.07) is 5.39. The number of nitrogens with one attached hydrogen (secondary N) is 1. The molecule has 0 heterocycles. The molecule has 0 aliphatic carbocycles. The van der Waals surface area contributed by atoms with E-state index in [-0.39, 0.29) is 6.42 Å². The van der Waals surface area contributed by atoms with E-state index in [1.807, 2.05) is 13.0 Å². The Morgan fingerprint density at radius 3 is 2.85 bits per heavy atom. The molecule has 0 amide bonds. The zero-order chi connectivity index (χ0) is 9.84. The van der Waals surface area contributed by atoms with Gasteiger partial charge >= 0.3 is 5.97 Å². The number of carbonyl (C=O) groups is 1. The molecule has 0 radical (unpaired) electrons. The van der Waals surface area contributed by atoms with Gasteiger partial charge in [0.25, 0.3) is 0 Å². The third-order valence-corrected chi connectivity index (χ3v) is 1.86. The van der Waals surface area contributed by atoms with Gasteiger partial charge in [-0.15, -0.1) is 0 Å². The summed E-state index contributed by atoms with van der Waals surface area (Å²) in [5.41, 5.74) is 4.94. The van der Waals surface area contributed by atoms with E-state index < -0.39 is 5.97 Å². The number of aliphatic carboxylic acids is 1. The van der Waals surface area contributed by atoms with Gasteiger partial charge in [0.05, 0.1) is 6.42 Å². The lowest BCUT2D eigenvalue weighted by Crippen LogP contribution is -2.08. The van der Waals surface area contributed by atoms with Crippen LogP contribution >= 0.6 is 0 Å². The van der Waals surface area contributed by atoms with Crippen molar-refractivity contribution in [1.29, 1.82) is 0 Å². The summed E-state index contributed by atoms with van der Waals surface area (Å²) in [5.74, 6) is 4.37. The van der Waals surface area contributed by atoms with E-state index in [4.69, 9.17) is 10.9 Å². The van der Waals surface area contributed by atoms with Crippen LogP contribution in [-0.2, 0) is 11.2 Å². The number of rotatable bonds is 3. The van der Waals surface area contributed by atoms with Gasteiger partial charge in [-0.05, 0) is 30.2 Å². The summed E-state index contributed by atoms with van der Waals surface area (Å²) in [4.78, 5) is 10.5. The lowest BCUT2D eigenvalue weighted by atomic mass is 10.1. The maximum Gasteiger partial charge on any atom is 0.307 e. The SMILES string of the molecule is Cc1ccc(NN)cc1CC(=O)O. The molecule has 0 spiro atoms. The highest BCUT2D eigenvalue weighted by Crippen LogP contribution is 2.14. The summed E-state index contributed by atoms with van der Waals surface area (Å²) in [6.07, 6.45) is 0.0291. The number of carboxylic acids is 1. The second-order valence-electron chi connectivity index (χ2n) is 2.86. The van der Waals surface area contributed by atoms with Gasteiger partial charge in [-0.3, -0.25) is 10.6 Å². The number of nitrogens with two attached hydrogens (primary N) is 1. The summed E-state index contributed by atoms with van der Waals surface area (Å²) in [5, 5.41) is 8.60. The number of carboxylic acid groups (broad SMARTS) is 1. The third-order valence-electron chi connectivity index (χ3n) is 1.86. The minimum atomic E-state index is -0.836. The summed E-state index contributed by atoms with van der Waals surface area (Å²) in [7, 11) is 0. The smallest absolute Gasteiger partial charge is 0.307 e. The van der Waals surface area contributed by atoms with Crippen molar-refractivity contribution in [3.8, 4) is 0 Å². The zero-order valence-electron chi connectivity index (χ0n) is 7.37. The zero-order valence-corrected chi connectivity index (χ0v) is 7.37. The fourth-order valence-electron chi connectivity index (χ4n) is 1.11. The van der Waals surface area contributed by atoms with Crippen LogP contribution in [0.5, 0.6) is 0 Å². The molecular formula is C9H12N2O2. The Hall–Kier alpha value is -1.55. The third kappa shape index (κ3) is 2.45. The number of benzene rings is 1. The van der Waals surface area contributed by atoms with E-state index in [2.05, 4.69) is 5.43 Å². The second-order valence-corrected chi connectivity index (χ2v) is 2.86. The van der Waals surface area contributed by atoms with Crippen LogP contribution in [0.3, 0.4) is 0 Å². The first-order chi connectivity index (χ1) is 6.13. The Labute approximate surface area is 76.3 Å².